The Labute approximate surface area is 158 Å². The third-order valence-electron chi connectivity index (χ3n) is 4.65. The maximum absolute atomic E-state index is 8.36. The van der Waals surface area contributed by atoms with Gasteiger partial charge in [-0.2, -0.15) is 0 Å². The summed E-state index contributed by atoms with van der Waals surface area (Å²) in [6.07, 6.45) is 0. The summed E-state index contributed by atoms with van der Waals surface area (Å²) in [4.78, 5) is 8.36. The van der Waals surface area contributed by atoms with Crippen LogP contribution in [0.2, 0.25) is 0 Å². The molecule has 1 N–H and O–H groups in total. The summed E-state index contributed by atoms with van der Waals surface area (Å²) in [5.74, 6) is 0. The lowest BCUT2D eigenvalue weighted by Crippen LogP contribution is -1.82. The van der Waals surface area contributed by atoms with E-state index in [9.17, 15) is 0 Å². The van der Waals surface area contributed by atoms with E-state index >= 15 is 0 Å². The molecule has 0 bridgehead atoms. The Hall–Kier alpha value is -3.65. The van der Waals surface area contributed by atoms with Crippen molar-refractivity contribution in [3.63, 3.8) is 0 Å². The number of benzene rings is 5. The van der Waals surface area contributed by atoms with Crippen LogP contribution >= 0.6 is 0 Å². The molecule has 0 saturated carbocycles. The number of hydrogen-bond donors (Lipinski definition) is 1. The van der Waals surface area contributed by atoms with Crippen molar-refractivity contribution in [2.75, 3.05) is 0 Å². The van der Waals surface area contributed by atoms with Crippen LogP contribution in [0.15, 0.2) is 98.1 Å². The van der Waals surface area contributed by atoms with Crippen molar-refractivity contribution in [2.24, 2.45) is 0 Å². The molecule has 5 aromatic carbocycles. The second kappa shape index (κ2) is 8.15. The van der Waals surface area contributed by atoms with Crippen LogP contribution in [0.25, 0.3) is 43.1 Å². The summed E-state index contributed by atoms with van der Waals surface area (Å²) in [6.45, 7) is 5.75. The van der Waals surface area contributed by atoms with E-state index in [0.29, 0.717) is 0 Å². The Bertz CT molecular complexity index is 1140. The van der Waals surface area contributed by atoms with Crippen molar-refractivity contribution in [1.82, 2.24) is 0 Å². The van der Waals surface area contributed by atoms with Crippen molar-refractivity contribution < 1.29 is 9.90 Å². The molecule has 0 heterocycles. The number of fused-ring (bicyclic) bond motifs is 7. The highest BCUT2D eigenvalue weighted by Gasteiger charge is 2.06. The molecule has 0 saturated heterocycles. The number of carbonyl (C=O) groups is 1. The maximum Gasteiger partial charge on any atom is 0.290 e. The van der Waals surface area contributed by atoms with Gasteiger partial charge >= 0.3 is 0 Å². The van der Waals surface area contributed by atoms with Gasteiger partial charge in [-0.1, -0.05) is 84.9 Å². The zero-order valence-electron chi connectivity index (χ0n) is 14.9. The average Bonchev–Trinajstić information content (AvgIpc) is 2.75. The molecule has 132 valence electrons. The van der Waals surface area contributed by atoms with E-state index in [1.165, 1.54) is 43.1 Å². The molecule has 0 aromatic heterocycles. The fraction of sp³-hybridized carbons (Fsp3) is 0. The van der Waals surface area contributed by atoms with Gasteiger partial charge in [-0.15, -0.1) is 13.2 Å². The van der Waals surface area contributed by atoms with Crippen molar-refractivity contribution in [1.29, 1.82) is 0 Å². The van der Waals surface area contributed by atoms with E-state index < -0.39 is 0 Å². The van der Waals surface area contributed by atoms with Crippen molar-refractivity contribution in [3.05, 3.63) is 98.1 Å². The topological polar surface area (TPSA) is 37.3 Å². The van der Waals surface area contributed by atoms with Crippen LogP contribution in [0.1, 0.15) is 0 Å². The smallest absolute Gasteiger partial charge is 0.290 e. The van der Waals surface area contributed by atoms with Crippen LogP contribution in [0.5, 0.6) is 0 Å². The summed E-state index contributed by atoms with van der Waals surface area (Å²) in [5, 5.41) is 17.5. The molecule has 0 amide bonds. The first-order valence-corrected chi connectivity index (χ1v) is 8.63. The van der Waals surface area contributed by atoms with Gasteiger partial charge < -0.3 is 5.11 Å². The monoisotopic (exact) mass is 352 g/mol. The summed E-state index contributed by atoms with van der Waals surface area (Å²) < 4.78 is 0. The fourth-order valence-electron chi connectivity index (χ4n) is 3.59. The van der Waals surface area contributed by atoms with Crippen LogP contribution in [0.3, 0.4) is 0 Å². The minimum Gasteiger partial charge on any atom is -0.483 e. The molecule has 0 unspecified atom stereocenters. The first kappa shape index (κ1) is 18.2. The Morgan fingerprint density at radius 2 is 0.815 bits per heavy atom. The molecule has 27 heavy (non-hydrogen) atoms. The Morgan fingerprint density at radius 3 is 1.22 bits per heavy atom. The Kier molecular flexibility index (Phi) is 5.48. The summed E-state index contributed by atoms with van der Waals surface area (Å²) in [5.41, 5.74) is 0. The van der Waals surface area contributed by atoms with Gasteiger partial charge in [0.15, 0.2) is 0 Å². The number of rotatable bonds is 0. The molecule has 0 aliphatic carbocycles. The van der Waals surface area contributed by atoms with Crippen LogP contribution in [0, 0.1) is 0 Å². The minimum absolute atomic E-state index is 0.250. The van der Waals surface area contributed by atoms with E-state index in [4.69, 9.17) is 9.90 Å². The molecule has 2 heteroatoms. The lowest BCUT2D eigenvalue weighted by molar-refractivity contribution is -0.122. The zero-order valence-corrected chi connectivity index (χ0v) is 14.9. The highest BCUT2D eigenvalue weighted by atomic mass is 16.3. The van der Waals surface area contributed by atoms with Gasteiger partial charge in [0.25, 0.3) is 6.47 Å². The van der Waals surface area contributed by atoms with Gasteiger partial charge in [-0.3, -0.25) is 4.79 Å². The van der Waals surface area contributed by atoms with Crippen molar-refractivity contribution in [3.8, 4) is 0 Å². The first-order valence-electron chi connectivity index (χ1n) is 8.63. The van der Waals surface area contributed by atoms with Crippen LogP contribution in [0.4, 0.5) is 0 Å². The molecule has 0 atom stereocenters. The van der Waals surface area contributed by atoms with E-state index in [0.717, 1.165) is 0 Å². The van der Waals surface area contributed by atoms with Gasteiger partial charge in [-0.05, 0) is 43.1 Å². The van der Waals surface area contributed by atoms with Crippen molar-refractivity contribution >= 4 is 49.6 Å². The normalized spacial score (nSPS) is 10.1. The van der Waals surface area contributed by atoms with Gasteiger partial charge in [-0.25, -0.2) is 0 Å². The SMILES string of the molecule is C=C.O=CO.c1ccc2c(c1)ccc1c2ccc2c3ccccc3ccc21. The molecule has 0 aliphatic heterocycles. The van der Waals surface area contributed by atoms with Gasteiger partial charge in [0, 0.05) is 0 Å². The number of carboxylic acid groups (broad SMARTS) is 1. The predicted molar refractivity (Wildman–Crippen MR) is 116 cm³/mol. The molecule has 2 nitrogen and oxygen atoms in total. The lowest BCUT2D eigenvalue weighted by atomic mass is 9.94. The first-order chi connectivity index (χ1) is 13.3. The third kappa shape index (κ3) is 3.25. The highest BCUT2D eigenvalue weighted by molar-refractivity contribution is 6.22. The molecule has 0 radical (unpaired) electrons. The molecule has 5 rings (SSSR count). The summed E-state index contributed by atoms with van der Waals surface area (Å²) in [6, 6.07) is 30.7. The van der Waals surface area contributed by atoms with E-state index in [1.807, 2.05) is 0 Å². The molecular formula is C25H20O2. The molecule has 0 aliphatic rings. The van der Waals surface area contributed by atoms with Gasteiger partial charge in [0.2, 0.25) is 0 Å². The van der Waals surface area contributed by atoms with E-state index in [-0.39, 0.29) is 6.47 Å². The Morgan fingerprint density at radius 1 is 0.519 bits per heavy atom. The van der Waals surface area contributed by atoms with Crippen LogP contribution in [-0.4, -0.2) is 11.6 Å². The quantitative estimate of drug-likeness (QED) is 0.189. The Balaban J connectivity index is 0.000000386. The van der Waals surface area contributed by atoms with Crippen molar-refractivity contribution in [2.45, 2.75) is 0 Å². The molecule has 0 spiro atoms. The lowest BCUT2D eigenvalue weighted by Gasteiger charge is -2.09. The second-order valence-corrected chi connectivity index (χ2v) is 5.93. The van der Waals surface area contributed by atoms with Crippen LogP contribution in [-0.2, 0) is 4.79 Å². The zero-order chi connectivity index (χ0) is 19.2. The standard InChI is InChI=1S/C22H14.C2H4.CH2O2/c1-3-7-17-15(5-1)9-11-21-19(17)13-14-20-18-8-4-2-6-16(18)10-12-22(20)21;1-2;2-1-3/h1-14H;1-2H2;1H,(H,2,3). The number of hydrogen-bond acceptors (Lipinski definition) is 1. The second-order valence-electron chi connectivity index (χ2n) is 5.93. The highest BCUT2D eigenvalue weighted by Crippen LogP contribution is 2.34. The molecule has 0 fully saturated rings. The van der Waals surface area contributed by atoms with Gasteiger partial charge in [0.05, 0.1) is 0 Å². The van der Waals surface area contributed by atoms with E-state index in [1.54, 1.807) is 0 Å². The minimum atomic E-state index is -0.250. The molecular weight excluding hydrogens is 332 g/mol. The summed E-state index contributed by atoms with van der Waals surface area (Å²) in [7, 11) is 0. The fourth-order valence-corrected chi connectivity index (χ4v) is 3.59. The average molecular weight is 352 g/mol. The largest absolute Gasteiger partial charge is 0.483 e. The maximum atomic E-state index is 8.36. The predicted octanol–water partition coefficient (Wildman–Crippen LogP) is 6.80. The van der Waals surface area contributed by atoms with E-state index in [2.05, 4.69) is 98.1 Å². The summed E-state index contributed by atoms with van der Waals surface area (Å²) >= 11 is 0. The molecule has 5 aromatic rings. The van der Waals surface area contributed by atoms with Crippen LogP contribution < -0.4 is 0 Å². The third-order valence-corrected chi connectivity index (χ3v) is 4.65. The van der Waals surface area contributed by atoms with Gasteiger partial charge in [0.1, 0.15) is 0 Å².